The molecular weight excluding hydrogens is 228 g/mol. The number of hydrogen-bond acceptors (Lipinski definition) is 3. The van der Waals surface area contributed by atoms with E-state index in [9.17, 15) is 4.79 Å². The average molecular weight is 250 g/mol. The number of carbonyl (C=O) groups is 1. The molecule has 0 saturated heterocycles. The Morgan fingerprint density at radius 2 is 2.06 bits per heavy atom. The summed E-state index contributed by atoms with van der Waals surface area (Å²) in [5, 5.41) is 5.83. The minimum Gasteiger partial charge on any atom is -0.480 e. The van der Waals surface area contributed by atoms with Crippen molar-refractivity contribution in [3.05, 3.63) is 29.8 Å². The average Bonchev–Trinajstić information content (AvgIpc) is 2.38. The Morgan fingerprint density at radius 3 is 2.67 bits per heavy atom. The van der Waals surface area contributed by atoms with Crippen LogP contribution in [0.4, 0.5) is 0 Å². The van der Waals surface area contributed by atoms with Crippen molar-refractivity contribution >= 4 is 5.91 Å². The molecule has 1 amide bonds. The first kappa shape index (κ1) is 14.5. The summed E-state index contributed by atoms with van der Waals surface area (Å²) in [6, 6.07) is 7.73. The van der Waals surface area contributed by atoms with E-state index >= 15 is 0 Å². The van der Waals surface area contributed by atoms with Crippen LogP contribution in [0.15, 0.2) is 24.3 Å². The van der Waals surface area contributed by atoms with Gasteiger partial charge < -0.3 is 15.4 Å². The molecule has 2 N–H and O–H groups in total. The number of rotatable bonds is 7. The number of aryl methyl sites for hydroxylation is 1. The van der Waals surface area contributed by atoms with Crippen LogP contribution in [0.2, 0.25) is 0 Å². The van der Waals surface area contributed by atoms with Crippen LogP contribution < -0.4 is 15.4 Å². The van der Waals surface area contributed by atoms with Gasteiger partial charge in [-0.1, -0.05) is 25.1 Å². The predicted molar refractivity (Wildman–Crippen MR) is 72.8 cm³/mol. The van der Waals surface area contributed by atoms with E-state index in [0.717, 1.165) is 17.9 Å². The number of likely N-dealkylation sites (N-methyl/N-ethyl adjacent to an activating group) is 1. The van der Waals surface area contributed by atoms with Gasteiger partial charge in [0.05, 0.1) is 0 Å². The van der Waals surface area contributed by atoms with Gasteiger partial charge in [-0.3, -0.25) is 4.79 Å². The molecule has 0 aliphatic rings. The van der Waals surface area contributed by atoms with E-state index in [1.165, 1.54) is 0 Å². The Labute approximate surface area is 109 Å². The van der Waals surface area contributed by atoms with E-state index in [-0.39, 0.29) is 5.91 Å². The van der Waals surface area contributed by atoms with E-state index < -0.39 is 6.10 Å². The fraction of sp³-hybridized carbons (Fsp3) is 0.500. The molecule has 0 spiro atoms. The number of amides is 1. The summed E-state index contributed by atoms with van der Waals surface area (Å²) < 4.78 is 5.75. The molecule has 0 fully saturated rings. The SMILES string of the molecule is CCC(Oc1ccccc1C)C(=O)NCCNC. The minimum atomic E-state index is -0.428. The Kier molecular flexibility index (Phi) is 6.22. The number of para-hydroxylation sites is 1. The zero-order valence-corrected chi connectivity index (χ0v) is 11.3. The van der Waals surface area contributed by atoms with Gasteiger partial charge in [-0.05, 0) is 32.0 Å². The molecule has 0 saturated carbocycles. The molecule has 1 atom stereocenters. The molecule has 1 aromatic carbocycles. The highest BCUT2D eigenvalue weighted by Gasteiger charge is 2.18. The zero-order valence-electron chi connectivity index (χ0n) is 11.3. The van der Waals surface area contributed by atoms with E-state index in [0.29, 0.717) is 13.0 Å². The van der Waals surface area contributed by atoms with Crippen LogP contribution in [0.1, 0.15) is 18.9 Å². The topological polar surface area (TPSA) is 50.4 Å². The second-order valence-corrected chi connectivity index (χ2v) is 4.17. The van der Waals surface area contributed by atoms with Gasteiger partial charge in [0.15, 0.2) is 6.10 Å². The van der Waals surface area contributed by atoms with Crippen molar-refractivity contribution in [2.45, 2.75) is 26.4 Å². The molecule has 1 rings (SSSR count). The normalized spacial score (nSPS) is 11.9. The highest BCUT2D eigenvalue weighted by atomic mass is 16.5. The second-order valence-electron chi connectivity index (χ2n) is 4.17. The highest BCUT2D eigenvalue weighted by molar-refractivity contribution is 5.81. The van der Waals surface area contributed by atoms with Crippen LogP contribution in [0.5, 0.6) is 5.75 Å². The Balaban J connectivity index is 2.56. The van der Waals surface area contributed by atoms with Gasteiger partial charge in [0.25, 0.3) is 5.91 Å². The van der Waals surface area contributed by atoms with Crippen LogP contribution in [-0.4, -0.2) is 32.1 Å². The smallest absolute Gasteiger partial charge is 0.261 e. The molecule has 0 aromatic heterocycles. The first-order valence-electron chi connectivity index (χ1n) is 6.33. The van der Waals surface area contributed by atoms with E-state index in [2.05, 4.69) is 10.6 Å². The molecular formula is C14H22N2O2. The van der Waals surface area contributed by atoms with Gasteiger partial charge in [-0.2, -0.15) is 0 Å². The molecule has 1 aromatic rings. The molecule has 0 heterocycles. The van der Waals surface area contributed by atoms with Crippen LogP contribution >= 0.6 is 0 Å². The lowest BCUT2D eigenvalue weighted by Crippen LogP contribution is -2.40. The first-order chi connectivity index (χ1) is 8.69. The summed E-state index contributed by atoms with van der Waals surface area (Å²) >= 11 is 0. The van der Waals surface area contributed by atoms with Crippen molar-refractivity contribution in [1.82, 2.24) is 10.6 Å². The predicted octanol–water partition coefficient (Wildman–Crippen LogP) is 1.49. The van der Waals surface area contributed by atoms with Gasteiger partial charge in [0.1, 0.15) is 5.75 Å². The molecule has 18 heavy (non-hydrogen) atoms. The van der Waals surface area contributed by atoms with Gasteiger partial charge in [0, 0.05) is 13.1 Å². The van der Waals surface area contributed by atoms with E-state index in [4.69, 9.17) is 4.74 Å². The molecule has 4 nitrogen and oxygen atoms in total. The number of ether oxygens (including phenoxy) is 1. The standard InChI is InChI=1S/C14H22N2O2/c1-4-12(14(17)16-10-9-15-3)18-13-8-6-5-7-11(13)2/h5-8,12,15H,4,9-10H2,1-3H3,(H,16,17). The molecule has 0 aliphatic heterocycles. The Bertz CT molecular complexity index is 380. The third-order valence-corrected chi connectivity index (χ3v) is 2.70. The number of nitrogens with one attached hydrogen (secondary N) is 2. The van der Waals surface area contributed by atoms with Gasteiger partial charge in [0.2, 0.25) is 0 Å². The lowest BCUT2D eigenvalue weighted by atomic mass is 10.2. The maximum absolute atomic E-state index is 11.9. The second kappa shape index (κ2) is 7.71. The van der Waals surface area contributed by atoms with Crippen molar-refractivity contribution in [2.24, 2.45) is 0 Å². The minimum absolute atomic E-state index is 0.0593. The van der Waals surface area contributed by atoms with Crippen molar-refractivity contribution in [1.29, 1.82) is 0 Å². The molecule has 1 unspecified atom stereocenters. The lowest BCUT2D eigenvalue weighted by Gasteiger charge is -2.18. The van der Waals surface area contributed by atoms with Crippen molar-refractivity contribution in [3.63, 3.8) is 0 Å². The van der Waals surface area contributed by atoms with Crippen molar-refractivity contribution in [3.8, 4) is 5.75 Å². The summed E-state index contributed by atoms with van der Waals surface area (Å²) in [6.07, 6.45) is 0.225. The Morgan fingerprint density at radius 1 is 1.33 bits per heavy atom. The summed E-state index contributed by atoms with van der Waals surface area (Å²) in [6.45, 7) is 5.29. The van der Waals surface area contributed by atoms with Gasteiger partial charge in [-0.15, -0.1) is 0 Å². The van der Waals surface area contributed by atoms with Crippen LogP contribution in [0, 0.1) is 6.92 Å². The highest BCUT2D eigenvalue weighted by Crippen LogP contribution is 2.18. The lowest BCUT2D eigenvalue weighted by molar-refractivity contribution is -0.128. The monoisotopic (exact) mass is 250 g/mol. The van der Waals surface area contributed by atoms with Gasteiger partial charge >= 0.3 is 0 Å². The van der Waals surface area contributed by atoms with E-state index in [1.54, 1.807) is 0 Å². The number of carbonyl (C=O) groups excluding carboxylic acids is 1. The summed E-state index contributed by atoms with van der Waals surface area (Å²) in [7, 11) is 1.85. The third-order valence-electron chi connectivity index (χ3n) is 2.70. The molecule has 4 heteroatoms. The van der Waals surface area contributed by atoms with E-state index in [1.807, 2.05) is 45.2 Å². The van der Waals surface area contributed by atoms with Crippen molar-refractivity contribution in [2.75, 3.05) is 20.1 Å². The molecule has 0 radical (unpaired) electrons. The maximum atomic E-state index is 11.9. The first-order valence-corrected chi connectivity index (χ1v) is 6.33. The maximum Gasteiger partial charge on any atom is 0.261 e. The summed E-state index contributed by atoms with van der Waals surface area (Å²) in [5.74, 6) is 0.712. The van der Waals surface area contributed by atoms with Crippen molar-refractivity contribution < 1.29 is 9.53 Å². The molecule has 100 valence electrons. The zero-order chi connectivity index (χ0) is 13.4. The molecule has 0 aliphatic carbocycles. The van der Waals surface area contributed by atoms with Crippen LogP contribution in [0.25, 0.3) is 0 Å². The quantitative estimate of drug-likeness (QED) is 0.721. The van der Waals surface area contributed by atoms with Crippen LogP contribution in [-0.2, 0) is 4.79 Å². The summed E-state index contributed by atoms with van der Waals surface area (Å²) in [4.78, 5) is 11.9. The fourth-order valence-corrected chi connectivity index (χ4v) is 1.59. The molecule has 0 bridgehead atoms. The largest absolute Gasteiger partial charge is 0.480 e. The number of benzene rings is 1. The summed E-state index contributed by atoms with van der Waals surface area (Å²) in [5.41, 5.74) is 1.04. The van der Waals surface area contributed by atoms with Crippen LogP contribution in [0.3, 0.4) is 0 Å². The number of hydrogen-bond donors (Lipinski definition) is 2. The third kappa shape index (κ3) is 4.37. The fourth-order valence-electron chi connectivity index (χ4n) is 1.59. The van der Waals surface area contributed by atoms with Gasteiger partial charge in [-0.25, -0.2) is 0 Å². The Hall–Kier alpha value is -1.55.